The van der Waals surface area contributed by atoms with Gasteiger partial charge < -0.3 is 10.1 Å². The third kappa shape index (κ3) is 4.66. The van der Waals surface area contributed by atoms with Crippen molar-refractivity contribution in [1.29, 1.82) is 0 Å². The smallest absolute Gasteiger partial charge is 0.255 e. The summed E-state index contributed by atoms with van der Waals surface area (Å²) in [6, 6.07) is 20.3. The standard InChI is InChI=1S/C23H21FN2O4S/c24-21-11-10-20(16-22(21)31(28,29)26-12-14-30-15-13-26)25-23(27)19-8-6-18(7-9-19)17-4-2-1-3-5-17/h1-11,16H,12-15H2,(H,25,27). The molecule has 6 nitrogen and oxygen atoms in total. The fourth-order valence-electron chi connectivity index (χ4n) is 3.35. The number of morpholine rings is 1. The van der Waals surface area contributed by atoms with Crippen LogP contribution in [0.4, 0.5) is 10.1 Å². The van der Waals surface area contributed by atoms with E-state index in [2.05, 4.69) is 5.32 Å². The Hall–Kier alpha value is -3.07. The Bertz CT molecular complexity index is 1180. The van der Waals surface area contributed by atoms with Gasteiger partial charge in [0.15, 0.2) is 0 Å². The minimum atomic E-state index is -4.02. The fourth-order valence-corrected chi connectivity index (χ4v) is 4.85. The van der Waals surface area contributed by atoms with E-state index in [4.69, 9.17) is 4.74 Å². The number of amides is 1. The zero-order valence-electron chi connectivity index (χ0n) is 16.6. The molecule has 1 fully saturated rings. The molecular formula is C23H21FN2O4S. The highest BCUT2D eigenvalue weighted by molar-refractivity contribution is 7.89. The van der Waals surface area contributed by atoms with Crippen LogP contribution in [0.1, 0.15) is 10.4 Å². The molecule has 3 aromatic carbocycles. The summed E-state index contributed by atoms with van der Waals surface area (Å²) >= 11 is 0. The molecule has 4 rings (SSSR count). The molecule has 0 radical (unpaired) electrons. The summed E-state index contributed by atoms with van der Waals surface area (Å²) in [6.45, 7) is 0.838. The van der Waals surface area contributed by atoms with E-state index in [-0.39, 0.29) is 32.0 Å². The molecule has 0 aromatic heterocycles. The summed E-state index contributed by atoms with van der Waals surface area (Å²) in [6.07, 6.45) is 0. The van der Waals surface area contributed by atoms with Crippen LogP contribution < -0.4 is 5.32 Å². The number of carbonyl (C=O) groups is 1. The molecule has 160 valence electrons. The Labute approximate surface area is 180 Å². The van der Waals surface area contributed by atoms with Gasteiger partial charge in [0.05, 0.1) is 13.2 Å². The van der Waals surface area contributed by atoms with E-state index in [9.17, 15) is 17.6 Å². The van der Waals surface area contributed by atoms with Gasteiger partial charge in [-0.3, -0.25) is 4.79 Å². The number of hydrogen-bond acceptors (Lipinski definition) is 4. The van der Waals surface area contributed by atoms with Crippen molar-refractivity contribution in [2.45, 2.75) is 4.90 Å². The zero-order chi connectivity index (χ0) is 21.8. The molecule has 1 saturated heterocycles. The van der Waals surface area contributed by atoms with Crippen molar-refractivity contribution in [3.8, 4) is 11.1 Å². The van der Waals surface area contributed by atoms with Gasteiger partial charge in [-0.2, -0.15) is 4.31 Å². The van der Waals surface area contributed by atoms with Crippen molar-refractivity contribution in [1.82, 2.24) is 4.31 Å². The molecule has 8 heteroatoms. The molecule has 1 aliphatic heterocycles. The van der Waals surface area contributed by atoms with E-state index < -0.39 is 26.6 Å². The van der Waals surface area contributed by atoms with Crippen LogP contribution in [-0.4, -0.2) is 44.9 Å². The van der Waals surface area contributed by atoms with Crippen LogP contribution in [0.15, 0.2) is 77.7 Å². The second kappa shape index (κ2) is 8.97. The average molecular weight is 440 g/mol. The topological polar surface area (TPSA) is 75.7 Å². The maximum absolute atomic E-state index is 14.3. The first-order valence-corrected chi connectivity index (χ1v) is 11.2. The lowest BCUT2D eigenvalue weighted by Gasteiger charge is -2.26. The van der Waals surface area contributed by atoms with Crippen molar-refractivity contribution in [3.05, 3.63) is 84.2 Å². The lowest BCUT2D eigenvalue weighted by atomic mass is 10.0. The molecule has 1 aliphatic rings. The molecule has 3 aromatic rings. The number of carbonyl (C=O) groups excluding carboxylic acids is 1. The molecule has 0 saturated carbocycles. The van der Waals surface area contributed by atoms with Crippen molar-refractivity contribution in [3.63, 3.8) is 0 Å². The second-order valence-electron chi connectivity index (χ2n) is 7.06. The third-order valence-corrected chi connectivity index (χ3v) is 6.94. The normalized spacial score (nSPS) is 14.9. The number of hydrogen-bond donors (Lipinski definition) is 1. The number of rotatable bonds is 5. The van der Waals surface area contributed by atoms with Crippen molar-refractivity contribution in [2.24, 2.45) is 0 Å². The SMILES string of the molecule is O=C(Nc1ccc(F)c(S(=O)(=O)N2CCOCC2)c1)c1ccc(-c2ccccc2)cc1. The van der Waals surface area contributed by atoms with Gasteiger partial charge in [0.2, 0.25) is 10.0 Å². The molecule has 1 N–H and O–H groups in total. The Morgan fingerprint density at radius 1 is 0.903 bits per heavy atom. The van der Waals surface area contributed by atoms with Crippen LogP contribution >= 0.6 is 0 Å². The second-order valence-corrected chi connectivity index (χ2v) is 8.97. The lowest BCUT2D eigenvalue weighted by Crippen LogP contribution is -2.40. The molecule has 0 atom stereocenters. The molecule has 1 heterocycles. The predicted octanol–water partition coefficient (Wildman–Crippen LogP) is 3.77. The van der Waals surface area contributed by atoms with E-state index >= 15 is 0 Å². The van der Waals surface area contributed by atoms with Gasteiger partial charge >= 0.3 is 0 Å². The molecule has 31 heavy (non-hydrogen) atoms. The van der Waals surface area contributed by atoms with Crippen LogP contribution in [0.3, 0.4) is 0 Å². The highest BCUT2D eigenvalue weighted by atomic mass is 32.2. The summed E-state index contributed by atoms with van der Waals surface area (Å²) in [5, 5.41) is 2.65. The number of anilines is 1. The monoisotopic (exact) mass is 440 g/mol. The van der Waals surface area contributed by atoms with Gasteiger partial charge in [0.1, 0.15) is 10.7 Å². The minimum Gasteiger partial charge on any atom is -0.379 e. The van der Waals surface area contributed by atoms with E-state index in [0.29, 0.717) is 5.56 Å². The molecule has 0 aliphatic carbocycles. The molecule has 0 spiro atoms. The Morgan fingerprint density at radius 2 is 1.55 bits per heavy atom. The first kappa shape index (κ1) is 21.2. The first-order chi connectivity index (χ1) is 14.9. The Balaban J connectivity index is 1.53. The highest BCUT2D eigenvalue weighted by Crippen LogP contribution is 2.25. The highest BCUT2D eigenvalue weighted by Gasteiger charge is 2.29. The van der Waals surface area contributed by atoms with Crippen LogP contribution in [0.2, 0.25) is 0 Å². The molecule has 0 unspecified atom stereocenters. The number of benzene rings is 3. The van der Waals surface area contributed by atoms with Gasteiger partial charge in [-0.25, -0.2) is 12.8 Å². The molecular weight excluding hydrogens is 419 g/mol. The number of ether oxygens (including phenoxy) is 1. The minimum absolute atomic E-state index is 0.159. The predicted molar refractivity (Wildman–Crippen MR) is 116 cm³/mol. The van der Waals surface area contributed by atoms with Crippen molar-refractivity contribution in [2.75, 3.05) is 31.6 Å². The fraction of sp³-hybridized carbons (Fsp3) is 0.174. The summed E-state index contributed by atoms with van der Waals surface area (Å²) in [4.78, 5) is 12.2. The Kier molecular flexibility index (Phi) is 6.13. The van der Waals surface area contributed by atoms with Crippen LogP contribution in [0, 0.1) is 5.82 Å². The molecule has 1 amide bonds. The summed E-state index contributed by atoms with van der Waals surface area (Å²) in [5.74, 6) is -1.28. The first-order valence-electron chi connectivity index (χ1n) is 9.79. The van der Waals surface area contributed by atoms with E-state index in [1.54, 1.807) is 12.1 Å². The summed E-state index contributed by atoms with van der Waals surface area (Å²) in [7, 11) is -4.02. The van der Waals surface area contributed by atoms with Crippen LogP contribution in [0.5, 0.6) is 0 Å². The number of nitrogens with one attached hydrogen (secondary N) is 1. The number of nitrogens with zero attached hydrogens (tertiary/aromatic N) is 1. The summed E-state index contributed by atoms with van der Waals surface area (Å²) in [5.41, 5.74) is 2.61. The quantitative estimate of drug-likeness (QED) is 0.655. The van der Waals surface area contributed by atoms with Crippen molar-refractivity contribution >= 4 is 21.6 Å². The van der Waals surface area contributed by atoms with E-state index in [1.807, 2.05) is 42.5 Å². The maximum atomic E-state index is 14.3. The van der Waals surface area contributed by atoms with Gasteiger partial charge in [0.25, 0.3) is 5.91 Å². The Morgan fingerprint density at radius 3 is 2.23 bits per heavy atom. The van der Waals surface area contributed by atoms with Gasteiger partial charge in [-0.1, -0.05) is 42.5 Å². The molecule has 0 bridgehead atoms. The van der Waals surface area contributed by atoms with E-state index in [1.165, 1.54) is 10.4 Å². The largest absolute Gasteiger partial charge is 0.379 e. The average Bonchev–Trinajstić information content (AvgIpc) is 2.81. The van der Waals surface area contributed by atoms with Gasteiger partial charge in [0, 0.05) is 24.3 Å². The van der Waals surface area contributed by atoms with Crippen LogP contribution in [0.25, 0.3) is 11.1 Å². The number of halogens is 1. The maximum Gasteiger partial charge on any atom is 0.255 e. The van der Waals surface area contributed by atoms with Gasteiger partial charge in [-0.05, 0) is 41.5 Å². The van der Waals surface area contributed by atoms with E-state index in [0.717, 1.165) is 23.3 Å². The van der Waals surface area contributed by atoms with Gasteiger partial charge in [-0.15, -0.1) is 0 Å². The third-order valence-electron chi connectivity index (χ3n) is 5.03. The van der Waals surface area contributed by atoms with Crippen molar-refractivity contribution < 1.29 is 22.3 Å². The summed E-state index contributed by atoms with van der Waals surface area (Å²) < 4.78 is 46.3. The zero-order valence-corrected chi connectivity index (χ0v) is 17.4. The number of sulfonamides is 1. The lowest BCUT2D eigenvalue weighted by molar-refractivity contribution is 0.0729. The van der Waals surface area contributed by atoms with Crippen LogP contribution in [-0.2, 0) is 14.8 Å².